The van der Waals surface area contributed by atoms with Crippen LogP contribution in [0.4, 0.5) is 13.2 Å². The lowest BCUT2D eigenvalue weighted by Crippen LogP contribution is -2.49. The summed E-state index contributed by atoms with van der Waals surface area (Å²) in [6.45, 7) is 3.32. The highest BCUT2D eigenvalue weighted by molar-refractivity contribution is 5.76. The van der Waals surface area contributed by atoms with Gasteiger partial charge in [-0.05, 0) is 39.2 Å². The number of nitrogens with zero attached hydrogens (tertiary/aromatic N) is 3. The molecule has 2 atom stereocenters. The molecule has 1 fully saturated rings. The summed E-state index contributed by atoms with van der Waals surface area (Å²) < 4.78 is 38.5. The number of alkyl halides is 3. The second-order valence-electron chi connectivity index (χ2n) is 5.64. The van der Waals surface area contributed by atoms with Crippen molar-refractivity contribution < 1.29 is 18.0 Å². The molecule has 0 N–H and O–H groups in total. The first-order chi connectivity index (χ1) is 10.2. The summed E-state index contributed by atoms with van der Waals surface area (Å²) in [5, 5.41) is 3.26. The first kappa shape index (κ1) is 16.5. The maximum Gasteiger partial charge on any atom is 0.435 e. The van der Waals surface area contributed by atoms with E-state index in [9.17, 15) is 22.8 Å². The number of carbonyl (C=O) groups is 1. The van der Waals surface area contributed by atoms with Crippen LogP contribution < -0.4 is 5.56 Å². The van der Waals surface area contributed by atoms with Gasteiger partial charge in [-0.15, -0.1) is 0 Å². The predicted octanol–water partition coefficient (Wildman–Crippen LogP) is 2.05. The topological polar surface area (TPSA) is 55.2 Å². The van der Waals surface area contributed by atoms with E-state index in [1.807, 2.05) is 13.8 Å². The van der Waals surface area contributed by atoms with Crippen molar-refractivity contribution in [2.45, 2.75) is 57.9 Å². The average molecular weight is 317 g/mol. The highest BCUT2D eigenvalue weighted by Gasteiger charge is 2.34. The minimum absolute atomic E-state index is 0.0118. The van der Waals surface area contributed by atoms with Gasteiger partial charge in [0.05, 0.1) is 0 Å². The molecule has 1 aliphatic heterocycles. The van der Waals surface area contributed by atoms with E-state index >= 15 is 0 Å². The summed E-state index contributed by atoms with van der Waals surface area (Å²) in [7, 11) is 0. The minimum atomic E-state index is -4.65. The molecule has 22 heavy (non-hydrogen) atoms. The van der Waals surface area contributed by atoms with Crippen molar-refractivity contribution >= 4 is 5.91 Å². The van der Waals surface area contributed by atoms with Crippen molar-refractivity contribution in [3.05, 3.63) is 28.2 Å². The van der Waals surface area contributed by atoms with Gasteiger partial charge in [-0.3, -0.25) is 9.59 Å². The first-order valence-corrected chi connectivity index (χ1v) is 7.16. The van der Waals surface area contributed by atoms with Gasteiger partial charge in [0.2, 0.25) is 5.91 Å². The number of rotatable bonds is 2. The molecule has 2 heterocycles. The molecule has 0 aliphatic carbocycles. The van der Waals surface area contributed by atoms with E-state index in [2.05, 4.69) is 5.10 Å². The number of amides is 1. The Hall–Kier alpha value is -1.86. The van der Waals surface area contributed by atoms with Gasteiger partial charge in [0.15, 0.2) is 5.69 Å². The van der Waals surface area contributed by atoms with Gasteiger partial charge < -0.3 is 4.90 Å². The Morgan fingerprint density at radius 1 is 1.27 bits per heavy atom. The molecule has 1 aromatic rings. The lowest BCUT2D eigenvalue weighted by atomic mass is 9.97. The minimum Gasteiger partial charge on any atom is -0.336 e. The number of halogens is 3. The Balaban J connectivity index is 2.23. The zero-order valence-corrected chi connectivity index (χ0v) is 12.4. The average Bonchev–Trinajstić information content (AvgIpc) is 2.39. The fourth-order valence-electron chi connectivity index (χ4n) is 2.84. The number of aromatic nitrogens is 2. The van der Waals surface area contributed by atoms with E-state index in [0.29, 0.717) is 10.7 Å². The highest BCUT2D eigenvalue weighted by Crippen LogP contribution is 2.26. The monoisotopic (exact) mass is 317 g/mol. The van der Waals surface area contributed by atoms with Gasteiger partial charge in [-0.1, -0.05) is 0 Å². The largest absolute Gasteiger partial charge is 0.435 e. The van der Waals surface area contributed by atoms with Crippen molar-refractivity contribution in [3.63, 3.8) is 0 Å². The van der Waals surface area contributed by atoms with E-state index in [0.717, 1.165) is 25.3 Å². The number of likely N-dealkylation sites (tertiary alicyclic amines) is 1. The summed E-state index contributed by atoms with van der Waals surface area (Å²) in [6.07, 6.45) is -1.94. The van der Waals surface area contributed by atoms with Crippen LogP contribution in [0.5, 0.6) is 0 Å². The number of piperidine rings is 1. The molecule has 5 nitrogen and oxygen atoms in total. The van der Waals surface area contributed by atoms with Crippen LogP contribution in [0.1, 0.15) is 38.8 Å². The maximum atomic E-state index is 12.6. The Kier molecular flexibility index (Phi) is 4.58. The molecule has 1 amide bonds. The van der Waals surface area contributed by atoms with Gasteiger partial charge in [0.1, 0.15) is 6.54 Å². The van der Waals surface area contributed by atoms with Gasteiger partial charge in [-0.25, -0.2) is 4.68 Å². The molecule has 122 valence electrons. The van der Waals surface area contributed by atoms with Crippen LogP contribution in [0, 0.1) is 0 Å². The zero-order valence-electron chi connectivity index (χ0n) is 12.4. The summed E-state index contributed by atoms with van der Waals surface area (Å²) in [5.74, 6) is -0.381. The van der Waals surface area contributed by atoms with E-state index < -0.39 is 24.0 Å². The third-order valence-electron chi connectivity index (χ3n) is 3.92. The van der Waals surface area contributed by atoms with E-state index in [1.165, 1.54) is 0 Å². The molecule has 0 unspecified atom stereocenters. The first-order valence-electron chi connectivity index (χ1n) is 7.16. The van der Waals surface area contributed by atoms with Crippen LogP contribution >= 0.6 is 0 Å². The molecule has 0 spiro atoms. The molecule has 0 saturated carbocycles. The Morgan fingerprint density at radius 3 is 2.41 bits per heavy atom. The maximum absolute atomic E-state index is 12.6. The fraction of sp³-hybridized carbons (Fsp3) is 0.643. The van der Waals surface area contributed by atoms with Gasteiger partial charge in [0.25, 0.3) is 5.56 Å². The number of hydrogen-bond donors (Lipinski definition) is 0. The van der Waals surface area contributed by atoms with Crippen molar-refractivity contribution in [3.8, 4) is 0 Å². The molecular formula is C14H18F3N3O2. The fourth-order valence-corrected chi connectivity index (χ4v) is 2.84. The van der Waals surface area contributed by atoms with Crippen LogP contribution in [-0.2, 0) is 17.5 Å². The van der Waals surface area contributed by atoms with E-state index in [4.69, 9.17) is 0 Å². The smallest absolute Gasteiger partial charge is 0.336 e. The molecule has 1 aromatic heterocycles. The quantitative estimate of drug-likeness (QED) is 0.839. The van der Waals surface area contributed by atoms with Crippen LogP contribution in [0.3, 0.4) is 0 Å². The summed E-state index contributed by atoms with van der Waals surface area (Å²) in [6, 6.07) is 1.43. The summed E-state index contributed by atoms with van der Waals surface area (Å²) in [4.78, 5) is 25.6. The number of hydrogen-bond acceptors (Lipinski definition) is 3. The lowest BCUT2D eigenvalue weighted by Gasteiger charge is -2.39. The van der Waals surface area contributed by atoms with E-state index in [1.54, 1.807) is 4.90 Å². The van der Waals surface area contributed by atoms with Crippen LogP contribution in [0.25, 0.3) is 0 Å². The Bertz CT molecular complexity index is 602. The zero-order chi connectivity index (χ0) is 16.5. The lowest BCUT2D eigenvalue weighted by molar-refractivity contribution is -0.144. The summed E-state index contributed by atoms with van der Waals surface area (Å²) >= 11 is 0. The molecular weight excluding hydrogens is 299 g/mol. The van der Waals surface area contributed by atoms with Crippen molar-refractivity contribution in [1.29, 1.82) is 0 Å². The summed E-state index contributed by atoms with van der Waals surface area (Å²) in [5.41, 5.74) is -1.90. The molecule has 0 bridgehead atoms. The second kappa shape index (κ2) is 6.10. The SMILES string of the molecule is C[C@H]1CCC[C@H](C)N1C(=O)Cn1nc(C(F)(F)F)ccc1=O. The van der Waals surface area contributed by atoms with Crippen LogP contribution in [-0.4, -0.2) is 32.7 Å². The third-order valence-corrected chi connectivity index (χ3v) is 3.92. The van der Waals surface area contributed by atoms with Crippen LogP contribution in [0.15, 0.2) is 16.9 Å². The molecule has 1 aliphatic rings. The third kappa shape index (κ3) is 3.48. The second-order valence-corrected chi connectivity index (χ2v) is 5.64. The van der Waals surface area contributed by atoms with Gasteiger partial charge in [0, 0.05) is 18.2 Å². The van der Waals surface area contributed by atoms with Crippen LogP contribution in [0.2, 0.25) is 0 Å². The number of carbonyl (C=O) groups excluding carboxylic acids is 1. The Morgan fingerprint density at radius 2 is 1.86 bits per heavy atom. The van der Waals surface area contributed by atoms with Crippen molar-refractivity contribution in [1.82, 2.24) is 14.7 Å². The molecule has 1 saturated heterocycles. The molecule has 8 heteroatoms. The normalized spacial score (nSPS) is 22.7. The van der Waals surface area contributed by atoms with Crippen molar-refractivity contribution in [2.24, 2.45) is 0 Å². The molecule has 0 aromatic carbocycles. The Labute approximate surface area is 125 Å². The van der Waals surface area contributed by atoms with Gasteiger partial charge in [-0.2, -0.15) is 18.3 Å². The molecule has 2 rings (SSSR count). The van der Waals surface area contributed by atoms with Gasteiger partial charge >= 0.3 is 6.18 Å². The standard InChI is InChI=1S/C14H18F3N3O2/c1-9-4-3-5-10(2)20(9)13(22)8-19-12(21)7-6-11(18-19)14(15,16)17/h6-7,9-10H,3-5,8H2,1-2H3/t9-,10-/m0/s1. The predicted molar refractivity (Wildman–Crippen MR) is 73.1 cm³/mol. The molecule has 0 radical (unpaired) electrons. The van der Waals surface area contributed by atoms with Crippen molar-refractivity contribution in [2.75, 3.05) is 0 Å². The highest BCUT2D eigenvalue weighted by atomic mass is 19.4. The van der Waals surface area contributed by atoms with E-state index in [-0.39, 0.29) is 18.0 Å².